The van der Waals surface area contributed by atoms with Crippen LogP contribution in [0.2, 0.25) is 0 Å². The average molecular weight is 395 g/mol. The maximum atomic E-state index is 12.2. The Labute approximate surface area is 139 Å². The van der Waals surface area contributed by atoms with E-state index in [0.717, 1.165) is 9.32 Å². The number of hydrogen-bond acceptors (Lipinski definition) is 2. The molecule has 0 saturated heterocycles. The quantitative estimate of drug-likeness (QED) is 0.722. The molecule has 0 fully saturated rings. The standard InChI is InChI=1S/C17H18INO2/c1-13-3-9-16(10-4-13)21-12-11-19(2)17(20)14-5-7-15(18)8-6-14/h3-10H,11-12H2,1-2H3. The van der Waals surface area contributed by atoms with E-state index in [1.165, 1.54) is 5.56 Å². The largest absolute Gasteiger partial charge is 0.492 e. The number of hydrogen-bond donors (Lipinski definition) is 0. The predicted octanol–water partition coefficient (Wildman–Crippen LogP) is 3.75. The molecule has 2 aromatic rings. The van der Waals surface area contributed by atoms with E-state index in [1.54, 1.807) is 11.9 Å². The Kier molecular flexibility index (Phi) is 5.61. The number of ether oxygens (including phenoxy) is 1. The molecule has 0 aliphatic heterocycles. The molecule has 0 heterocycles. The molecule has 0 N–H and O–H groups in total. The highest BCUT2D eigenvalue weighted by Gasteiger charge is 2.11. The van der Waals surface area contributed by atoms with Crippen molar-refractivity contribution in [3.63, 3.8) is 0 Å². The van der Waals surface area contributed by atoms with Crippen molar-refractivity contribution in [2.75, 3.05) is 20.2 Å². The minimum absolute atomic E-state index is 0.0129. The zero-order chi connectivity index (χ0) is 15.2. The summed E-state index contributed by atoms with van der Waals surface area (Å²) in [5, 5.41) is 0. The molecule has 110 valence electrons. The van der Waals surface area contributed by atoms with Crippen molar-refractivity contribution in [1.82, 2.24) is 4.90 Å². The molecule has 0 spiro atoms. The molecule has 4 heteroatoms. The van der Waals surface area contributed by atoms with Gasteiger partial charge < -0.3 is 9.64 Å². The van der Waals surface area contributed by atoms with Crippen molar-refractivity contribution in [1.29, 1.82) is 0 Å². The van der Waals surface area contributed by atoms with Gasteiger partial charge in [0.2, 0.25) is 0 Å². The molecule has 21 heavy (non-hydrogen) atoms. The van der Waals surface area contributed by atoms with Gasteiger partial charge in [-0.1, -0.05) is 17.7 Å². The third-order valence-electron chi connectivity index (χ3n) is 3.15. The molecule has 2 aromatic carbocycles. The van der Waals surface area contributed by atoms with E-state index in [-0.39, 0.29) is 5.91 Å². The average Bonchev–Trinajstić information content (AvgIpc) is 2.49. The second kappa shape index (κ2) is 7.45. The number of rotatable bonds is 5. The third kappa shape index (κ3) is 4.74. The molecule has 0 unspecified atom stereocenters. The van der Waals surface area contributed by atoms with E-state index in [2.05, 4.69) is 22.6 Å². The lowest BCUT2D eigenvalue weighted by Gasteiger charge is -2.17. The summed E-state index contributed by atoms with van der Waals surface area (Å²) < 4.78 is 6.76. The van der Waals surface area contributed by atoms with Gasteiger partial charge in [-0.25, -0.2) is 0 Å². The summed E-state index contributed by atoms with van der Waals surface area (Å²) in [6.07, 6.45) is 0. The summed E-state index contributed by atoms with van der Waals surface area (Å²) in [4.78, 5) is 13.9. The second-order valence-electron chi connectivity index (χ2n) is 4.90. The van der Waals surface area contributed by atoms with Gasteiger partial charge in [0.1, 0.15) is 12.4 Å². The van der Waals surface area contributed by atoms with Gasteiger partial charge in [0.05, 0.1) is 6.54 Å². The number of carbonyl (C=O) groups is 1. The highest BCUT2D eigenvalue weighted by atomic mass is 127. The molecular weight excluding hydrogens is 377 g/mol. The zero-order valence-corrected chi connectivity index (χ0v) is 14.3. The van der Waals surface area contributed by atoms with Crippen LogP contribution >= 0.6 is 22.6 Å². The van der Waals surface area contributed by atoms with Gasteiger partial charge in [0, 0.05) is 16.2 Å². The van der Waals surface area contributed by atoms with E-state index in [4.69, 9.17) is 4.74 Å². The minimum Gasteiger partial charge on any atom is -0.492 e. The summed E-state index contributed by atoms with van der Waals surface area (Å²) >= 11 is 2.22. The predicted molar refractivity (Wildman–Crippen MR) is 92.8 cm³/mol. The Bertz CT molecular complexity index is 593. The first-order valence-corrected chi connectivity index (χ1v) is 7.84. The van der Waals surface area contributed by atoms with Crippen LogP contribution in [0.1, 0.15) is 15.9 Å². The van der Waals surface area contributed by atoms with Crippen LogP contribution in [0, 0.1) is 10.5 Å². The van der Waals surface area contributed by atoms with E-state index in [1.807, 2.05) is 55.5 Å². The van der Waals surface area contributed by atoms with Crippen molar-refractivity contribution in [3.05, 3.63) is 63.2 Å². The maximum absolute atomic E-state index is 12.2. The Morgan fingerprint density at radius 3 is 2.33 bits per heavy atom. The van der Waals surface area contributed by atoms with Crippen LogP contribution in [-0.2, 0) is 0 Å². The summed E-state index contributed by atoms with van der Waals surface area (Å²) in [7, 11) is 1.79. The number of benzene rings is 2. The van der Waals surface area contributed by atoms with Crippen molar-refractivity contribution in [2.45, 2.75) is 6.92 Å². The number of aryl methyl sites for hydroxylation is 1. The number of amides is 1. The summed E-state index contributed by atoms with van der Waals surface area (Å²) in [5.74, 6) is 0.842. The highest BCUT2D eigenvalue weighted by Crippen LogP contribution is 2.12. The first kappa shape index (κ1) is 15.8. The zero-order valence-electron chi connectivity index (χ0n) is 12.2. The van der Waals surface area contributed by atoms with Gasteiger partial charge >= 0.3 is 0 Å². The molecule has 1 amide bonds. The highest BCUT2D eigenvalue weighted by molar-refractivity contribution is 14.1. The molecule has 0 aromatic heterocycles. The van der Waals surface area contributed by atoms with E-state index in [0.29, 0.717) is 18.7 Å². The van der Waals surface area contributed by atoms with Crippen LogP contribution in [0.15, 0.2) is 48.5 Å². The fraction of sp³-hybridized carbons (Fsp3) is 0.235. The van der Waals surface area contributed by atoms with Gasteiger partial charge in [0.15, 0.2) is 0 Å². The second-order valence-corrected chi connectivity index (χ2v) is 6.14. The third-order valence-corrected chi connectivity index (χ3v) is 3.87. The minimum atomic E-state index is 0.0129. The Hall–Kier alpha value is -1.56. The fourth-order valence-corrected chi connectivity index (χ4v) is 2.21. The van der Waals surface area contributed by atoms with Crippen LogP contribution < -0.4 is 4.74 Å². The van der Waals surface area contributed by atoms with Crippen molar-refractivity contribution in [3.8, 4) is 5.75 Å². The normalized spacial score (nSPS) is 10.2. The lowest BCUT2D eigenvalue weighted by molar-refractivity contribution is 0.0774. The van der Waals surface area contributed by atoms with Crippen LogP contribution in [-0.4, -0.2) is 31.0 Å². The molecule has 0 saturated carbocycles. The molecule has 0 radical (unpaired) electrons. The van der Waals surface area contributed by atoms with E-state index < -0.39 is 0 Å². The Balaban J connectivity index is 1.83. The van der Waals surface area contributed by atoms with E-state index >= 15 is 0 Å². The van der Waals surface area contributed by atoms with Crippen LogP contribution in [0.3, 0.4) is 0 Å². The van der Waals surface area contributed by atoms with E-state index in [9.17, 15) is 4.79 Å². The van der Waals surface area contributed by atoms with Crippen LogP contribution in [0.5, 0.6) is 5.75 Å². The summed E-state index contributed by atoms with van der Waals surface area (Å²) in [6.45, 7) is 3.08. The molecular formula is C17H18INO2. The molecule has 0 aliphatic rings. The molecule has 0 aliphatic carbocycles. The molecule has 3 nitrogen and oxygen atoms in total. The van der Waals surface area contributed by atoms with Crippen LogP contribution in [0.4, 0.5) is 0 Å². The summed E-state index contributed by atoms with van der Waals surface area (Å²) in [6, 6.07) is 15.5. The van der Waals surface area contributed by atoms with Crippen molar-refractivity contribution in [2.24, 2.45) is 0 Å². The smallest absolute Gasteiger partial charge is 0.253 e. The first-order chi connectivity index (χ1) is 10.1. The van der Waals surface area contributed by atoms with Gasteiger partial charge in [-0.2, -0.15) is 0 Å². The summed E-state index contributed by atoms with van der Waals surface area (Å²) in [5.41, 5.74) is 1.90. The lowest BCUT2D eigenvalue weighted by atomic mass is 10.2. The fourth-order valence-electron chi connectivity index (χ4n) is 1.85. The van der Waals surface area contributed by atoms with Gasteiger partial charge in [-0.05, 0) is 65.9 Å². The number of halogens is 1. The van der Waals surface area contributed by atoms with Gasteiger partial charge in [-0.15, -0.1) is 0 Å². The van der Waals surface area contributed by atoms with Gasteiger partial charge in [-0.3, -0.25) is 4.79 Å². The number of nitrogens with zero attached hydrogens (tertiary/aromatic N) is 1. The molecule has 0 atom stereocenters. The maximum Gasteiger partial charge on any atom is 0.253 e. The van der Waals surface area contributed by atoms with Crippen molar-refractivity contribution >= 4 is 28.5 Å². The monoisotopic (exact) mass is 395 g/mol. The lowest BCUT2D eigenvalue weighted by Crippen LogP contribution is -2.30. The Morgan fingerprint density at radius 2 is 1.71 bits per heavy atom. The molecule has 2 rings (SSSR count). The number of carbonyl (C=O) groups excluding carboxylic acids is 1. The number of likely N-dealkylation sites (N-methyl/N-ethyl adjacent to an activating group) is 1. The van der Waals surface area contributed by atoms with Gasteiger partial charge in [0.25, 0.3) is 5.91 Å². The SMILES string of the molecule is Cc1ccc(OCCN(C)C(=O)c2ccc(I)cc2)cc1. The van der Waals surface area contributed by atoms with Crippen LogP contribution in [0.25, 0.3) is 0 Å². The van der Waals surface area contributed by atoms with Crippen molar-refractivity contribution < 1.29 is 9.53 Å². The Morgan fingerprint density at radius 1 is 1.10 bits per heavy atom. The molecule has 0 bridgehead atoms. The topological polar surface area (TPSA) is 29.5 Å². The first-order valence-electron chi connectivity index (χ1n) is 6.77.